The van der Waals surface area contributed by atoms with Gasteiger partial charge in [0.1, 0.15) is 0 Å². The molecule has 2 nitrogen and oxygen atoms in total. The lowest BCUT2D eigenvalue weighted by atomic mass is 10.4. The molecule has 4 heteroatoms. The van der Waals surface area contributed by atoms with Gasteiger partial charge in [0.05, 0.1) is 0 Å². The molecular weight excluding hydrogens is 167 g/mol. The first-order valence-corrected chi connectivity index (χ1v) is 5.97. The van der Waals surface area contributed by atoms with Gasteiger partial charge < -0.3 is 4.52 Å². The first-order valence-electron chi connectivity index (χ1n) is 2.68. The van der Waals surface area contributed by atoms with Crippen molar-refractivity contribution in [1.82, 2.24) is 0 Å². The van der Waals surface area contributed by atoms with Gasteiger partial charge in [-0.25, -0.2) is 0 Å². The van der Waals surface area contributed by atoms with Crippen LogP contribution in [0.4, 0.5) is 0 Å². The fourth-order valence-electron chi connectivity index (χ4n) is 0.609. The predicted octanol–water partition coefficient (Wildman–Crippen LogP) is 2.09. The summed E-state index contributed by atoms with van der Waals surface area (Å²) >= 11 is 1.28. The van der Waals surface area contributed by atoms with Crippen LogP contribution < -0.4 is 0 Å². The molecule has 0 spiro atoms. The van der Waals surface area contributed by atoms with E-state index in [4.69, 9.17) is 10.9 Å². The van der Waals surface area contributed by atoms with Crippen LogP contribution >= 0.6 is 18.0 Å². The van der Waals surface area contributed by atoms with Crippen molar-refractivity contribution in [3.8, 4) is 12.3 Å². The van der Waals surface area contributed by atoms with Crippen LogP contribution in [0.15, 0.2) is 11.4 Å². The molecule has 0 aromatic heterocycles. The van der Waals surface area contributed by atoms with Crippen molar-refractivity contribution in [2.24, 2.45) is 0 Å². The van der Waals surface area contributed by atoms with Crippen LogP contribution in [0.5, 0.6) is 0 Å². The predicted molar refractivity (Wildman–Crippen MR) is 44.0 cm³/mol. The van der Waals surface area contributed by atoms with Crippen LogP contribution in [-0.4, -0.2) is 12.9 Å². The van der Waals surface area contributed by atoms with Crippen molar-refractivity contribution in [3.63, 3.8) is 0 Å². The monoisotopic (exact) mass is 174 g/mol. The fourth-order valence-corrected chi connectivity index (χ4v) is 3.93. The molecular formula is C6H7O2PS. The first kappa shape index (κ1) is 7.94. The van der Waals surface area contributed by atoms with E-state index in [1.54, 1.807) is 5.82 Å². The Kier molecular flexibility index (Phi) is 2.25. The molecule has 54 valence electrons. The van der Waals surface area contributed by atoms with Crippen molar-refractivity contribution in [1.29, 1.82) is 0 Å². The second-order valence-corrected chi connectivity index (χ2v) is 6.35. The largest absolute Gasteiger partial charge is 0.322 e. The summed E-state index contributed by atoms with van der Waals surface area (Å²) in [6.07, 6.45) is 5.10. The minimum atomic E-state index is -2.51. The molecule has 1 heterocycles. The molecule has 1 aliphatic rings. The Balaban J connectivity index is 2.84. The zero-order chi connectivity index (χ0) is 7.61. The molecule has 1 atom stereocenters. The van der Waals surface area contributed by atoms with Gasteiger partial charge >= 0.3 is 0 Å². The maximum Gasteiger partial charge on any atom is 0.281 e. The first-order chi connectivity index (χ1) is 4.70. The molecule has 0 amide bonds. The smallest absolute Gasteiger partial charge is 0.281 e. The molecule has 0 aliphatic carbocycles. The van der Waals surface area contributed by atoms with Gasteiger partial charge in [0.15, 0.2) is 0 Å². The van der Waals surface area contributed by atoms with Gasteiger partial charge in [-0.15, -0.1) is 6.42 Å². The van der Waals surface area contributed by atoms with E-state index >= 15 is 0 Å². The van der Waals surface area contributed by atoms with Gasteiger partial charge in [-0.05, 0) is 0 Å². The van der Waals surface area contributed by atoms with Gasteiger partial charge in [0.25, 0.3) is 6.57 Å². The average molecular weight is 174 g/mol. The number of rotatable bonds is 1. The van der Waals surface area contributed by atoms with Crippen molar-refractivity contribution < 1.29 is 9.09 Å². The highest BCUT2D eigenvalue weighted by molar-refractivity contribution is 8.58. The van der Waals surface area contributed by atoms with Crippen LogP contribution in [0.25, 0.3) is 0 Å². The van der Waals surface area contributed by atoms with Gasteiger partial charge in [0.2, 0.25) is 0 Å². The third kappa shape index (κ3) is 1.46. The van der Waals surface area contributed by atoms with E-state index in [0.717, 1.165) is 5.57 Å². The Bertz CT molecular complexity index is 251. The van der Waals surface area contributed by atoms with Crippen molar-refractivity contribution in [2.75, 3.05) is 12.9 Å². The normalized spacial score (nSPS) is 31.4. The molecule has 0 aromatic rings. The Morgan fingerprint density at radius 1 is 2.00 bits per heavy atom. The number of hydrogen-bond donors (Lipinski definition) is 0. The lowest BCUT2D eigenvalue weighted by Crippen LogP contribution is -1.70. The van der Waals surface area contributed by atoms with Gasteiger partial charge in [-0.3, -0.25) is 4.57 Å². The molecule has 0 aromatic carbocycles. The molecule has 0 radical (unpaired) electrons. The van der Waals surface area contributed by atoms with Crippen LogP contribution in [0.2, 0.25) is 0 Å². The van der Waals surface area contributed by atoms with E-state index < -0.39 is 6.57 Å². The molecule has 1 aliphatic heterocycles. The lowest BCUT2D eigenvalue weighted by molar-refractivity contribution is 0.418. The quantitative estimate of drug-likeness (QED) is 0.449. The average Bonchev–Trinajstić information content (AvgIpc) is 2.33. The van der Waals surface area contributed by atoms with Crippen molar-refractivity contribution in [2.45, 2.75) is 0 Å². The summed E-state index contributed by atoms with van der Waals surface area (Å²) in [5, 5.41) is 0. The third-order valence-corrected chi connectivity index (χ3v) is 5.32. The summed E-state index contributed by atoms with van der Waals surface area (Å²) in [6, 6.07) is 0. The molecule has 0 bridgehead atoms. The summed E-state index contributed by atoms with van der Waals surface area (Å²) in [4.78, 5) is 0. The second-order valence-electron chi connectivity index (χ2n) is 1.79. The van der Waals surface area contributed by atoms with Crippen LogP contribution in [0.1, 0.15) is 0 Å². The van der Waals surface area contributed by atoms with Gasteiger partial charge in [0, 0.05) is 24.3 Å². The van der Waals surface area contributed by atoms with E-state index in [1.165, 1.54) is 18.5 Å². The van der Waals surface area contributed by atoms with E-state index in [9.17, 15) is 4.57 Å². The molecule has 0 fully saturated rings. The summed E-state index contributed by atoms with van der Waals surface area (Å²) in [5.74, 6) is 4.64. The molecule has 0 saturated carbocycles. The van der Waals surface area contributed by atoms with Gasteiger partial charge in [-0.1, -0.05) is 17.3 Å². The van der Waals surface area contributed by atoms with Crippen molar-refractivity contribution in [3.05, 3.63) is 11.4 Å². The maximum atomic E-state index is 11.3. The standard InChI is InChI=1S/C6H7O2PS/c1-3-6-4-9(7,8-2)10-5-6/h1,4H,5H2,2H3. The molecule has 0 N–H and O–H groups in total. The number of hydrogen-bond acceptors (Lipinski definition) is 3. The zero-order valence-corrected chi connectivity index (χ0v) is 7.24. The van der Waals surface area contributed by atoms with Crippen LogP contribution in [0.3, 0.4) is 0 Å². The maximum absolute atomic E-state index is 11.3. The minimum Gasteiger partial charge on any atom is -0.322 e. The highest BCUT2D eigenvalue weighted by atomic mass is 32.7. The number of terminal acetylenes is 1. The molecule has 1 unspecified atom stereocenters. The van der Waals surface area contributed by atoms with Crippen LogP contribution in [0, 0.1) is 12.3 Å². The molecule has 0 saturated heterocycles. The summed E-state index contributed by atoms with van der Waals surface area (Å²) in [6.45, 7) is -2.51. The zero-order valence-electron chi connectivity index (χ0n) is 5.53. The molecule has 10 heavy (non-hydrogen) atoms. The van der Waals surface area contributed by atoms with E-state index in [2.05, 4.69) is 5.92 Å². The lowest BCUT2D eigenvalue weighted by Gasteiger charge is -2.01. The van der Waals surface area contributed by atoms with Crippen molar-refractivity contribution >= 4 is 18.0 Å². The van der Waals surface area contributed by atoms with E-state index in [0.29, 0.717) is 5.75 Å². The Hall–Kier alpha value is -0.160. The Labute approximate surface area is 64.2 Å². The highest BCUT2D eigenvalue weighted by Gasteiger charge is 2.26. The molecule has 1 rings (SSSR count). The Morgan fingerprint density at radius 2 is 2.70 bits per heavy atom. The third-order valence-electron chi connectivity index (χ3n) is 1.15. The topological polar surface area (TPSA) is 26.3 Å². The summed E-state index contributed by atoms with van der Waals surface area (Å²) < 4.78 is 16.1. The van der Waals surface area contributed by atoms with E-state index in [-0.39, 0.29) is 0 Å². The summed E-state index contributed by atoms with van der Waals surface area (Å²) in [7, 11) is 1.43. The highest BCUT2D eigenvalue weighted by Crippen LogP contribution is 2.65. The van der Waals surface area contributed by atoms with Crippen LogP contribution in [-0.2, 0) is 9.09 Å². The SMILES string of the molecule is C#CC1=CP(=O)(OC)SC1. The van der Waals surface area contributed by atoms with Gasteiger partial charge in [-0.2, -0.15) is 0 Å². The Morgan fingerprint density at radius 3 is 3.00 bits per heavy atom. The fraction of sp³-hybridized carbons (Fsp3) is 0.333. The minimum absolute atomic E-state index is 0.640. The summed E-state index contributed by atoms with van der Waals surface area (Å²) in [5.41, 5.74) is 0.773. The van der Waals surface area contributed by atoms with E-state index in [1.807, 2.05) is 0 Å². The second kappa shape index (κ2) is 2.84.